The van der Waals surface area contributed by atoms with Gasteiger partial charge >= 0.3 is 0 Å². The average molecular weight is 403 g/mol. The number of aromatic nitrogens is 1. The molecule has 0 saturated carbocycles. The number of carbonyl (C=O) groups excluding carboxylic acids is 2. The van der Waals surface area contributed by atoms with Gasteiger partial charge in [-0.1, -0.05) is 11.6 Å². The molecule has 1 aromatic heterocycles. The first kappa shape index (κ1) is 19.6. The molecular formula is C21H30N4O2S. The molecule has 152 valence electrons. The fraction of sp³-hybridized carbons (Fsp3) is 0.667. The Hall–Kier alpha value is -1.73. The summed E-state index contributed by atoms with van der Waals surface area (Å²) in [5.41, 5.74) is 3.48. The Morgan fingerprint density at radius 1 is 1.36 bits per heavy atom. The van der Waals surface area contributed by atoms with Crippen molar-refractivity contribution < 1.29 is 9.59 Å². The van der Waals surface area contributed by atoms with Crippen LogP contribution < -0.4 is 5.32 Å². The van der Waals surface area contributed by atoms with Crippen LogP contribution in [-0.4, -0.2) is 64.9 Å². The van der Waals surface area contributed by atoms with Gasteiger partial charge in [-0.2, -0.15) is 0 Å². The van der Waals surface area contributed by atoms with Crippen LogP contribution in [0.5, 0.6) is 0 Å². The van der Waals surface area contributed by atoms with E-state index in [9.17, 15) is 9.59 Å². The molecule has 3 fully saturated rings. The van der Waals surface area contributed by atoms with Gasteiger partial charge in [-0.05, 0) is 44.9 Å². The number of hydrogen-bond acceptors (Lipinski definition) is 5. The molecule has 4 atom stereocenters. The first-order chi connectivity index (χ1) is 13.5. The van der Waals surface area contributed by atoms with Crippen LogP contribution in [0.4, 0.5) is 0 Å². The van der Waals surface area contributed by atoms with E-state index in [1.807, 2.05) is 0 Å². The van der Waals surface area contributed by atoms with Crippen molar-refractivity contribution in [3.63, 3.8) is 0 Å². The van der Waals surface area contributed by atoms with Gasteiger partial charge in [0, 0.05) is 44.0 Å². The van der Waals surface area contributed by atoms with E-state index in [0.29, 0.717) is 36.5 Å². The Kier molecular flexibility index (Phi) is 5.83. The van der Waals surface area contributed by atoms with E-state index in [1.165, 1.54) is 16.9 Å². The van der Waals surface area contributed by atoms with Crippen molar-refractivity contribution in [2.75, 3.05) is 26.2 Å². The molecule has 1 N–H and O–H groups in total. The molecule has 6 nitrogen and oxygen atoms in total. The van der Waals surface area contributed by atoms with Crippen LogP contribution in [0.15, 0.2) is 22.5 Å². The molecule has 0 radical (unpaired) electrons. The molecule has 2 bridgehead atoms. The lowest BCUT2D eigenvalue weighted by atomic mass is 9.72. The van der Waals surface area contributed by atoms with Gasteiger partial charge in [-0.3, -0.25) is 14.5 Å². The number of thiazole rings is 1. The smallest absolute Gasteiger partial charge is 0.270 e. The molecule has 4 rings (SSSR count). The van der Waals surface area contributed by atoms with Crippen molar-refractivity contribution in [2.24, 2.45) is 11.8 Å². The summed E-state index contributed by atoms with van der Waals surface area (Å²) in [6.07, 6.45) is 6.19. The minimum atomic E-state index is -0.137. The van der Waals surface area contributed by atoms with E-state index in [2.05, 4.69) is 40.0 Å². The highest BCUT2D eigenvalue weighted by Crippen LogP contribution is 2.41. The summed E-state index contributed by atoms with van der Waals surface area (Å²) in [7, 11) is 0. The summed E-state index contributed by atoms with van der Waals surface area (Å²) in [6.45, 7) is 7.85. The molecule has 2 amide bonds. The van der Waals surface area contributed by atoms with Crippen LogP contribution in [0.25, 0.3) is 0 Å². The van der Waals surface area contributed by atoms with E-state index in [1.54, 1.807) is 10.9 Å². The third kappa shape index (κ3) is 4.01. The second-order valence-electron chi connectivity index (χ2n) is 8.67. The zero-order valence-corrected chi connectivity index (χ0v) is 17.6. The summed E-state index contributed by atoms with van der Waals surface area (Å²) >= 11 is 1.42. The summed E-state index contributed by atoms with van der Waals surface area (Å²) in [6, 6.07) is 0.416. The zero-order valence-electron chi connectivity index (χ0n) is 16.8. The third-order valence-electron chi connectivity index (χ3n) is 6.47. The van der Waals surface area contributed by atoms with Crippen molar-refractivity contribution in [1.82, 2.24) is 20.1 Å². The number of amides is 2. The Morgan fingerprint density at radius 3 is 2.93 bits per heavy atom. The molecular weight excluding hydrogens is 372 g/mol. The van der Waals surface area contributed by atoms with Crippen LogP contribution in [-0.2, 0) is 4.79 Å². The lowest BCUT2D eigenvalue weighted by molar-refractivity contribution is -0.152. The van der Waals surface area contributed by atoms with Crippen LogP contribution in [0, 0.1) is 11.8 Å². The van der Waals surface area contributed by atoms with E-state index in [4.69, 9.17) is 0 Å². The molecule has 1 aromatic rings. The lowest BCUT2D eigenvalue weighted by Crippen LogP contribution is -2.67. The molecule has 28 heavy (non-hydrogen) atoms. The predicted molar refractivity (Wildman–Crippen MR) is 110 cm³/mol. The van der Waals surface area contributed by atoms with Gasteiger partial charge in [0.1, 0.15) is 5.69 Å². The minimum Gasteiger partial charge on any atom is -0.349 e. The standard InChI is InChI=1S/C21H30N4O2S/c1-14(2)6-7-24-10-15-8-16(11-24)19(25-18(15)4-3-5-20(25)26)9-22-21(27)17-12-28-13-23-17/h6,12-13,15-16,18-19H,3-5,7-11H2,1-2H3,(H,22,27)/t15-,16+,18+,19+/m1/s1. The fourth-order valence-corrected chi connectivity index (χ4v) is 5.74. The first-order valence-electron chi connectivity index (χ1n) is 10.4. The van der Waals surface area contributed by atoms with Crippen molar-refractivity contribution in [1.29, 1.82) is 0 Å². The second kappa shape index (κ2) is 8.33. The van der Waals surface area contributed by atoms with Crippen LogP contribution in [0.1, 0.15) is 50.0 Å². The number of nitrogens with zero attached hydrogens (tertiary/aromatic N) is 3. The van der Waals surface area contributed by atoms with Gasteiger partial charge in [0.05, 0.1) is 11.6 Å². The molecule has 3 aliphatic heterocycles. The average Bonchev–Trinajstić information content (AvgIpc) is 3.21. The highest BCUT2D eigenvalue weighted by molar-refractivity contribution is 7.07. The van der Waals surface area contributed by atoms with Crippen molar-refractivity contribution in [2.45, 2.75) is 51.6 Å². The number of rotatable bonds is 5. The largest absolute Gasteiger partial charge is 0.349 e. The topological polar surface area (TPSA) is 65.5 Å². The number of carbonyl (C=O) groups is 2. The minimum absolute atomic E-state index is 0.0890. The maximum absolute atomic E-state index is 12.8. The van der Waals surface area contributed by atoms with Gasteiger partial charge < -0.3 is 10.2 Å². The Bertz CT molecular complexity index is 744. The van der Waals surface area contributed by atoms with Gasteiger partial charge in [0.15, 0.2) is 0 Å². The summed E-state index contributed by atoms with van der Waals surface area (Å²) < 4.78 is 0. The number of piperidine rings is 3. The first-order valence-corrected chi connectivity index (χ1v) is 11.3. The summed E-state index contributed by atoms with van der Waals surface area (Å²) in [4.78, 5) is 34.0. The van der Waals surface area contributed by atoms with Gasteiger partial charge in [0.25, 0.3) is 5.91 Å². The second-order valence-corrected chi connectivity index (χ2v) is 9.39. The van der Waals surface area contributed by atoms with Crippen molar-refractivity contribution >= 4 is 23.2 Å². The number of allylic oxidation sites excluding steroid dienone is 1. The molecule has 3 aliphatic rings. The maximum Gasteiger partial charge on any atom is 0.270 e. The summed E-state index contributed by atoms with van der Waals surface area (Å²) in [5, 5.41) is 4.82. The van der Waals surface area contributed by atoms with Crippen molar-refractivity contribution in [3.8, 4) is 0 Å². The van der Waals surface area contributed by atoms with E-state index in [-0.39, 0.29) is 17.9 Å². The van der Waals surface area contributed by atoms with Crippen LogP contribution >= 0.6 is 11.3 Å². The zero-order chi connectivity index (χ0) is 19.7. The highest BCUT2D eigenvalue weighted by Gasteiger charge is 2.49. The predicted octanol–water partition coefficient (Wildman–Crippen LogP) is 2.54. The molecule has 0 aromatic carbocycles. The van der Waals surface area contributed by atoms with Gasteiger partial charge in [-0.25, -0.2) is 4.98 Å². The van der Waals surface area contributed by atoms with Crippen LogP contribution in [0.2, 0.25) is 0 Å². The Balaban J connectivity index is 1.51. The summed E-state index contributed by atoms with van der Waals surface area (Å²) in [5.74, 6) is 1.11. The number of fused-ring (bicyclic) bond motifs is 4. The highest BCUT2D eigenvalue weighted by atomic mass is 32.1. The quantitative estimate of drug-likeness (QED) is 0.769. The van der Waals surface area contributed by atoms with Gasteiger partial charge in [0.2, 0.25) is 5.91 Å². The van der Waals surface area contributed by atoms with Crippen LogP contribution in [0.3, 0.4) is 0 Å². The SMILES string of the molecule is CC(C)=CCN1C[C@H]2C[C@@H](C1)[C@H](CNC(=O)c1cscn1)N1C(=O)CCC[C@@H]21. The van der Waals surface area contributed by atoms with E-state index >= 15 is 0 Å². The molecule has 0 unspecified atom stereocenters. The van der Waals surface area contributed by atoms with Crippen molar-refractivity contribution in [3.05, 3.63) is 28.2 Å². The molecule has 7 heteroatoms. The van der Waals surface area contributed by atoms with Gasteiger partial charge in [-0.15, -0.1) is 11.3 Å². The Morgan fingerprint density at radius 2 is 2.18 bits per heavy atom. The fourth-order valence-electron chi connectivity index (χ4n) is 5.21. The maximum atomic E-state index is 12.8. The van der Waals surface area contributed by atoms with E-state index in [0.717, 1.165) is 38.9 Å². The molecule has 0 aliphatic carbocycles. The molecule has 0 spiro atoms. The number of hydrogen-bond donors (Lipinski definition) is 1. The third-order valence-corrected chi connectivity index (χ3v) is 7.05. The Labute approximate surface area is 171 Å². The molecule has 3 saturated heterocycles. The van der Waals surface area contributed by atoms with E-state index < -0.39 is 0 Å². The number of likely N-dealkylation sites (tertiary alicyclic amines) is 1. The lowest BCUT2D eigenvalue weighted by Gasteiger charge is -2.56. The number of nitrogens with one attached hydrogen (secondary N) is 1. The monoisotopic (exact) mass is 402 g/mol. The normalized spacial score (nSPS) is 29.9. The molecule has 4 heterocycles.